The zero-order chi connectivity index (χ0) is 21.6. The molecule has 162 valence electrons. The fourth-order valence-electron chi connectivity index (χ4n) is 4.07. The number of amides is 1. The van der Waals surface area contributed by atoms with Gasteiger partial charge < -0.3 is 9.47 Å². The standard InChI is InChI=1S/C24H27ClN4OS/c1-2-29-23(20-9-6-10-21(25)16-20)26-27-24(29)31-17-22(30)28-13-11-19(12-14-28)15-18-7-4-3-5-8-18/h3-10,16,19H,2,11-15,17H2,1H3. The molecular formula is C24H27ClN4OS. The number of hydrogen-bond acceptors (Lipinski definition) is 4. The minimum absolute atomic E-state index is 0.179. The predicted molar refractivity (Wildman–Crippen MR) is 126 cm³/mol. The Morgan fingerprint density at radius 2 is 1.87 bits per heavy atom. The smallest absolute Gasteiger partial charge is 0.233 e. The zero-order valence-corrected chi connectivity index (χ0v) is 19.3. The van der Waals surface area contributed by atoms with Gasteiger partial charge in [0.05, 0.1) is 5.75 Å². The molecule has 7 heteroatoms. The number of benzene rings is 2. The van der Waals surface area contributed by atoms with Gasteiger partial charge in [0, 0.05) is 30.2 Å². The number of thioether (sulfide) groups is 1. The molecule has 5 nitrogen and oxygen atoms in total. The molecule has 0 bridgehead atoms. The quantitative estimate of drug-likeness (QED) is 0.461. The van der Waals surface area contributed by atoms with E-state index in [-0.39, 0.29) is 5.91 Å². The number of nitrogens with zero attached hydrogens (tertiary/aromatic N) is 4. The average molecular weight is 455 g/mol. The van der Waals surface area contributed by atoms with E-state index in [4.69, 9.17) is 11.6 Å². The van der Waals surface area contributed by atoms with E-state index in [1.807, 2.05) is 33.7 Å². The number of carbonyl (C=O) groups is 1. The molecule has 3 aromatic rings. The summed E-state index contributed by atoms with van der Waals surface area (Å²) in [7, 11) is 0. The third-order valence-corrected chi connectivity index (χ3v) is 6.96. The Labute approximate surface area is 192 Å². The van der Waals surface area contributed by atoms with Crippen LogP contribution in [0.25, 0.3) is 11.4 Å². The summed E-state index contributed by atoms with van der Waals surface area (Å²) in [6, 6.07) is 18.2. The highest BCUT2D eigenvalue weighted by Crippen LogP contribution is 2.27. The molecule has 1 amide bonds. The fourth-order valence-corrected chi connectivity index (χ4v) is 5.17. The second-order valence-corrected chi connectivity index (χ2v) is 9.24. The highest BCUT2D eigenvalue weighted by atomic mass is 35.5. The van der Waals surface area contributed by atoms with Gasteiger partial charge in [0.25, 0.3) is 0 Å². The van der Waals surface area contributed by atoms with Gasteiger partial charge in [-0.25, -0.2) is 0 Å². The molecule has 0 unspecified atom stereocenters. The van der Waals surface area contributed by atoms with Crippen LogP contribution in [0.1, 0.15) is 25.3 Å². The summed E-state index contributed by atoms with van der Waals surface area (Å²) in [5, 5.41) is 10.1. The number of aromatic nitrogens is 3. The molecule has 0 saturated carbocycles. The summed E-state index contributed by atoms with van der Waals surface area (Å²) in [5.74, 6) is 2.00. The van der Waals surface area contributed by atoms with E-state index >= 15 is 0 Å². The van der Waals surface area contributed by atoms with Crippen molar-refractivity contribution in [1.82, 2.24) is 19.7 Å². The minimum atomic E-state index is 0.179. The number of piperidine rings is 1. The van der Waals surface area contributed by atoms with Crippen molar-refractivity contribution >= 4 is 29.3 Å². The number of halogens is 1. The van der Waals surface area contributed by atoms with Crippen LogP contribution in [0.15, 0.2) is 59.8 Å². The molecule has 0 atom stereocenters. The molecular weight excluding hydrogens is 428 g/mol. The summed E-state index contributed by atoms with van der Waals surface area (Å²) in [5.41, 5.74) is 2.32. The van der Waals surface area contributed by atoms with Crippen LogP contribution in [-0.2, 0) is 17.8 Å². The van der Waals surface area contributed by atoms with Gasteiger partial charge in [-0.05, 0) is 49.8 Å². The first-order valence-corrected chi connectivity index (χ1v) is 12.1. The number of likely N-dealkylation sites (tertiary alicyclic amines) is 1. The van der Waals surface area contributed by atoms with E-state index in [2.05, 4.69) is 47.5 Å². The Morgan fingerprint density at radius 3 is 2.58 bits per heavy atom. The molecule has 4 rings (SSSR count). The Morgan fingerprint density at radius 1 is 1.10 bits per heavy atom. The lowest BCUT2D eigenvalue weighted by atomic mass is 9.90. The maximum absolute atomic E-state index is 12.8. The molecule has 2 heterocycles. The molecule has 0 N–H and O–H groups in total. The molecule has 1 aliphatic heterocycles. The Balaban J connectivity index is 1.31. The second kappa shape index (κ2) is 10.3. The summed E-state index contributed by atoms with van der Waals surface area (Å²) in [6.07, 6.45) is 3.23. The van der Waals surface area contributed by atoms with Crippen LogP contribution >= 0.6 is 23.4 Å². The minimum Gasteiger partial charge on any atom is -0.342 e. The maximum Gasteiger partial charge on any atom is 0.233 e. The molecule has 0 spiro atoms. The molecule has 1 saturated heterocycles. The van der Waals surface area contributed by atoms with Crippen molar-refractivity contribution in [3.8, 4) is 11.4 Å². The maximum atomic E-state index is 12.8. The van der Waals surface area contributed by atoms with Gasteiger partial charge >= 0.3 is 0 Å². The van der Waals surface area contributed by atoms with E-state index in [1.165, 1.54) is 17.3 Å². The van der Waals surface area contributed by atoms with Gasteiger partial charge in [-0.15, -0.1) is 10.2 Å². The summed E-state index contributed by atoms with van der Waals surface area (Å²) in [4.78, 5) is 14.8. The van der Waals surface area contributed by atoms with E-state index in [1.54, 1.807) is 0 Å². The number of rotatable bonds is 7. The first kappa shape index (κ1) is 21.9. The average Bonchev–Trinajstić information content (AvgIpc) is 3.21. The van der Waals surface area contributed by atoms with Gasteiger partial charge in [0.2, 0.25) is 5.91 Å². The molecule has 1 fully saturated rings. The molecule has 1 aromatic heterocycles. The highest BCUT2D eigenvalue weighted by molar-refractivity contribution is 7.99. The van der Waals surface area contributed by atoms with Crippen LogP contribution in [0.2, 0.25) is 5.02 Å². The molecule has 0 radical (unpaired) electrons. The van der Waals surface area contributed by atoms with Crippen molar-refractivity contribution in [2.75, 3.05) is 18.8 Å². The van der Waals surface area contributed by atoms with Gasteiger partial charge in [-0.3, -0.25) is 4.79 Å². The third kappa shape index (κ3) is 5.49. The normalized spacial score (nSPS) is 14.7. The second-order valence-electron chi connectivity index (χ2n) is 7.86. The first-order valence-electron chi connectivity index (χ1n) is 10.8. The first-order chi connectivity index (χ1) is 15.1. The lowest BCUT2D eigenvalue weighted by Gasteiger charge is -2.32. The van der Waals surface area contributed by atoms with Crippen LogP contribution in [0, 0.1) is 5.92 Å². The summed E-state index contributed by atoms with van der Waals surface area (Å²) < 4.78 is 2.04. The van der Waals surface area contributed by atoms with E-state index < -0.39 is 0 Å². The largest absolute Gasteiger partial charge is 0.342 e. The van der Waals surface area contributed by atoms with Gasteiger partial charge in [0.1, 0.15) is 0 Å². The molecule has 0 aliphatic carbocycles. The molecule has 2 aromatic carbocycles. The van der Waals surface area contributed by atoms with Crippen LogP contribution in [0.5, 0.6) is 0 Å². The number of carbonyl (C=O) groups excluding carboxylic acids is 1. The summed E-state index contributed by atoms with van der Waals surface area (Å²) >= 11 is 7.59. The Kier molecular flexibility index (Phi) is 7.30. The summed E-state index contributed by atoms with van der Waals surface area (Å²) in [6.45, 7) is 4.47. The Bertz CT molecular complexity index is 1020. The lowest BCUT2D eigenvalue weighted by Crippen LogP contribution is -2.39. The van der Waals surface area contributed by atoms with Crippen molar-refractivity contribution in [3.63, 3.8) is 0 Å². The monoisotopic (exact) mass is 454 g/mol. The van der Waals surface area contributed by atoms with Crippen molar-refractivity contribution in [2.24, 2.45) is 5.92 Å². The van der Waals surface area contributed by atoms with Crippen LogP contribution in [0.3, 0.4) is 0 Å². The van der Waals surface area contributed by atoms with Crippen LogP contribution < -0.4 is 0 Å². The van der Waals surface area contributed by atoms with Crippen molar-refractivity contribution in [2.45, 2.75) is 37.9 Å². The van der Waals surface area contributed by atoms with Gasteiger partial charge in [-0.1, -0.05) is 65.8 Å². The van der Waals surface area contributed by atoms with Crippen molar-refractivity contribution in [3.05, 3.63) is 65.2 Å². The van der Waals surface area contributed by atoms with E-state index in [0.717, 1.165) is 55.4 Å². The van der Waals surface area contributed by atoms with Gasteiger partial charge in [0.15, 0.2) is 11.0 Å². The predicted octanol–water partition coefficient (Wildman–Crippen LogP) is 5.19. The highest BCUT2D eigenvalue weighted by Gasteiger charge is 2.24. The SMILES string of the molecule is CCn1c(SCC(=O)N2CCC(Cc3ccccc3)CC2)nnc1-c1cccc(Cl)c1. The van der Waals surface area contributed by atoms with E-state index in [0.29, 0.717) is 16.7 Å². The van der Waals surface area contributed by atoms with Crippen LogP contribution in [-0.4, -0.2) is 44.4 Å². The molecule has 1 aliphatic rings. The zero-order valence-electron chi connectivity index (χ0n) is 17.7. The lowest BCUT2D eigenvalue weighted by molar-refractivity contribution is -0.129. The fraction of sp³-hybridized carbons (Fsp3) is 0.375. The third-order valence-electron chi connectivity index (χ3n) is 5.78. The topological polar surface area (TPSA) is 51.0 Å². The van der Waals surface area contributed by atoms with E-state index in [9.17, 15) is 4.79 Å². The van der Waals surface area contributed by atoms with Gasteiger partial charge in [-0.2, -0.15) is 0 Å². The van der Waals surface area contributed by atoms with Crippen molar-refractivity contribution < 1.29 is 4.79 Å². The van der Waals surface area contributed by atoms with Crippen molar-refractivity contribution in [1.29, 1.82) is 0 Å². The van der Waals surface area contributed by atoms with Crippen LogP contribution in [0.4, 0.5) is 0 Å². The Hall–Kier alpha value is -2.31. The molecule has 31 heavy (non-hydrogen) atoms. The number of hydrogen-bond donors (Lipinski definition) is 0.